The molecule has 9 nitrogen and oxygen atoms in total. The Labute approximate surface area is 315 Å². The van der Waals surface area contributed by atoms with Crippen LogP contribution in [0.5, 0.6) is 0 Å². The van der Waals surface area contributed by atoms with Crippen LogP contribution in [0.2, 0.25) is 0 Å². The van der Waals surface area contributed by atoms with Gasteiger partial charge in [-0.05, 0) is 69.9 Å². The summed E-state index contributed by atoms with van der Waals surface area (Å²) in [5.74, 6) is 2.23. The van der Waals surface area contributed by atoms with E-state index in [0.717, 1.165) is 26.1 Å². The molecule has 0 aromatic carbocycles. The van der Waals surface area contributed by atoms with Gasteiger partial charge < -0.3 is 43.8 Å². The third-order valence-electron chi connectivity index (χ3n) is 7.81. The molecule has 0 amide bonds. The molecule has 0 aliphatic rings. The monoisotopic (exact) mass is 758 g/mol. The molecule has 0 radical (unpaired) electrons. The molecule has 7 unspecified atom stereocenters. The maximum atomic E-state index is 5.93. The van der Waals surface area contributed by atoms with Crippen LogP contribution in [0.3, 0.4) is 0 Å². The van der Waals surface area contributed by atoms with Crippen LogP contribution in [0.25, 0.3) is 0 Å². The van der Waals surface area contributed by atoms with Gasteiger partial charge in [-0.15, -0.1) is 0 Å². The quantitative estimate of drug-likeness (QED) is 0.0324. The van der Waals surface area contributed by atoms with E-state index in [4.69, 9.17) is 57.6 Å². The summed E-state index contributed by atoms with van der Waals surface area (Å²) in [6.07, 6.45) is 9.07. The standard InChI is InChI=1S/C35H70N2O7S4/c1-8-12-14-30(10-3)21-40-23-32(25-45)43-34(47)36-27(5)18-38-16-17-39-20-29(7)42-19-28(6)37-35(48)44-33(26-46)24-41-22-31(11-4)15-13-9-2/h27-33,45-46H,8-26H2,1-7H3,(H,36,47)(H,37,48). The van der Waals surface area contributed by atoms with E-state index >= 15 is 0 Å². The lowest BCUT2D eigenvalue weighted by Gasteiger charge is -2.23. The predicted molar refractivity (Wildman–Crippen MR) is 213 cm³/mol. The highest BCUT2D eigenvalue weighted by atomic mass is 32.1. The van der Waals surface area contributed by atoms with Crippen LogP contribution < -0.4 is 10.6 Å². The number of rotatable bonds is 32. The van der Waals surface area contributed by atoms with Crippen molar-refractivity contribution in [1.82, 2.24) is 10.6 Å². The second-order valence-electron chi connectivity index (χ2n) is 12.7. The van der Waals surface area contributed by atoms with Gasteiger partial charge in [0.2, 0.25) is 0 Å². The largest absolute Gasteiger partial charge is 0.464 e. The van der Waals surface area contributed by atoms with Crippen LogP contribution >= 0.6 is 49.7 Å². The van der Waals surface area contributed by atoms with Crippen molar-refractivity contribution in [2.75, 3.05) is 71.0 Å². The zero-order valence-electron chi connectivity index (χ0n) is 31.0. The molecule has 0 heterocycles. The molecule has 0 aliphatic heterocycles. The van der Waals surface area contributed by atoms with Crippen molar-refractivity contribution in [1.29, 1.82) is 0 Å². The first-order chi connectivity index (χ1) is 23.1. The minimum Gasteiger partial charge on any atom is -0.464 e. The lowest BCUT2D eigenvalue weighted by atomic mass is 10.0. The zero-order valence-corrected chi connectivity index (χ0v) is 34.5. The van der Waals surface area contributed by atoms with Crippen molar-refractivity contribution in [2.24, 2.45) is 11.8 Å². The molecule has 0 aliphatic carbocycles. The molecule has 7 atom stereocenters. The van der Waals surface area contributed by atoms with Crippen molar-refractivity contribution in [2.45, 2.75) is 130 Å². The van der Waals surface area contributed by atoms with Gasteiger partial charge in [0.05, 0.1) is 64.4 Å². The average molecular weight is 759 g/mol. The van der Waals surface area contributed by atoms with E-state index in [9.17, 15) is 0 Å². The fourth-order valence-electron chi connectivity index (χ4n) is 4.62. The minimum atomic E-state index is -0.197. The van der Waals surface area contributed by atoms with Crippen molar-refractivity contribution in [3.05, 3.63) is 0 Å². The number of nitrogens with one attached hydrogen (secondary N) is 2. The highest BCUT2D eigenvalue weighted by molar-refractivity contribution is 7.80. The summed E-state index contributed by atoms with van der Waals surface area (Å²) < 4.78 is 41.0. The zero-order chi connectivity index (χ0) is 36.0. The molecule has 286 valence electrons. The van der Waals surface area contributed by atoms with Crippen molar-refractivity contribution in [3.63, 3.8) is 0 Å². The van der Waals surface area contributed by atoms with Crippen LogP contribution in [-0.2, 0) is 33.2 Å². The summed E-state index contributed by atoms with van der Waals surface area (Å²) in [5, 5.41) is 7.01. The highest BCUT2D eigenvalue weighted by Gasteiger charge is 2.16. The smallest absolute Gasteiger partial charge is 0.257 e. The van der Waals surface area contributed by atoms with Crippen LogP contribution in [0.1, 0.15) is 99.8 Å². The first kappa shape index (κ1) is 47.9. The third-order valence-corrected chi connectivity index (χ3v) is 9.05. The second-order valence-corrected chi connectivity index (χ2v) is 14.2. The Hall–Kier alpha value is -0.120. The number of hydrogen-bond acceptors (Lipinski definition) is 11. The first-order valence-electron chi connectivity index (χ1n) is 18.2. The Bertz CT molecular complexity index is 774. The molecular weight excluding hydrogens is 689 g/mol. The number of thiol groups is 2. The van der Waals surface area contributed by atoms with E-state index in [0.29, 0.717) is 79.9 Å². The van der Waals surface area contributed by atoms with E-state index in [1.54, 1.807) is 0 Å². The number of thiocarbonyl (C=S) groups is 2. The van der Waals surface area contributed by atoms with Gasteiger partial charge in [-0.2, -0.15) is 25.3 Å². The van der Waals surface area contributed by atoms with E-state index in [2.05, 4.69) is 63.6 Å². The van der Waals surface area contributed by atoms with Gasteiger partial charge in [-0.3, -0.25) is 0 Å². The van der Waals surface area contributed by atoms with Gasteiger partial charge >= 0.3 is 0 Å². The molecule has 0 saturated heterocycles. The van der Waals surface area contributed by atoms with E-state index < -0.39 is 0 Å². The molecular formula is C35H70N2O7S4. The Morgan fingerprint density at radius 2 is 1.02 bits per heavy atom. The highest BCUT2D eigenvalue weighted by Crippen LogP contribution is 2.14. The molecule has 0 rings (SSSR count). The summed E-state index contributed by atoms with van der Waals surface area (Å²) in [6.45, 7) is 19.6. The van der Waals surface area contributed by atoms with Crippen molar-refractivity contribution in [3.8, 4) is 0 Å². The van der Waals surface area contributed by atoms with Gasteiger partial charge in [0, 0.05) is 24.7 Å². The second kappa shape index (κ2) is 32.8. The molecule has 13 heteroatoms. The van der Waals surface area contributed by atoms with Gasteiger partial charge in [-0.1, -0.05) is 66.2 Å². The van der Waals surface area contributed by atoms with E-state index in [-0.39, 0.29) is 30.4 Å². The van der Waals surface area contributed by atoms with E-state index in [1.165, 1.54) is 38.5 Å². The van der Waals surface area contributed by atoms with Crippen LogP contribution in [0.4, 0.5) is 0 Å². The predicted octanol–water partition coefficient (Wildman–Crippen LogP) is 7.05. The van der Waals surface area contributed by atoms with Crippen molar-refractivity contribution < 1.29 is 33.2 Å². The summed E-state index contributed by atoms with van der Waals surface area (Å²) in [6, 6.07) is -0.0322. The van der Waals surface area contributed by atoms with Gasteiger partial charge in [0.1, 0.15) is 12.2 Å². The first-order valence-corrected chi connectivity index (χ1v) is 20.3. The maximum Gasteiger partial charge on any atom is 0.257 e. The molecule has 0 aromatic rings. The number of ether oxygens (including phenoxy) is 7. The summed E-state index contributed by atoms with van der Waals surface area (Å²) in [7, 11) is 0. The van der Waals surface area contributed by atoms with Gasteiger partial charge in [0.25, 0.3) is 10.3 Å². The minimum absolute atomic E-state index is 0.0108. The molecule has 0 bridgehead atoms. The molecule has 0 aromatic heterocycles. The summed E-state index contributed by atoms with van der Waals surface area (Å²) >= 11 is 19.6. The van der Waals surface area contributed by atoms with E-state index in [1.807, 2.05) is 20.8 Å². The lowest BCUT2D eigenvalue weighted by Crippen LogP contribution is -2.40. The topological polar surface area (TPSA) is 88.7 Å². The fourth-order valence-corrected chi connectivity index (χ4v) is 5.65. The molecule has 48 heavy (non-hydrogen) atoms. The Balaban J connectivity index is 4.03. The van der Waals surface area contributed by atoms with Crippen molar-refractivity contribution >= 4 is 60.0 Å². The fraction of sp³-hybridized carbons (Fsp3) is 0.943. The number of unbranched alkanes of at least 4 members (excludes halogenated alkanes) is 2. The average Bonchev–Trinajstić information content (AvgIpc) is 3.07. The number of hydrogen-bond donors (Lipinski definition) is 4. The molecule has 0 fully saturated rings. The molecule has 2 N–H and O–H groups in total. The van der Waals surface area contributed by atoms with Gasteiger partial charge in [-0.25, -0.2) is 0 Å². The Morgan fingerprint density at radius 3 is 1.44 bits per heavy atom. The lowest BCUT2D eigenvalue weighted by molar-refractivity contribution is -0.0284. The van der Waals surface area contributed by atoms with Crippen LogP contribution in [-0.4, -0.2) is 112 Å². The third kappa shape index (κ3) is 27.6. The molecule has 0 spiro atoms. The SMILES string of the molecule is CCCCC(CC)COCC(CS)OC(=S)NC(C)COCCOCC(C)OCC(C)NC(=S)OC(CS)COCC(CC)CCCC. The maximum absolute atomic E-state index is 5.93. The summed E-state index contributed by atoms with van der Waals surface area (Å²) in [5.41, 5.74) is 0. The van der Waals surface area contributed by atoms with Crippen LogP contribution in [0.15, 0.2) is 0 Å². The Kier molecular flexibility index (Phi) is 32.7. The van der Waals surface area contributed by atoms with Crippen LogP contribution in [0, 0.1) is 11.8 Å². The van der Waals surface area contributed by atoms with Gasteiger partial charge in [0.15, 0.2) is 0 Å². The Morgan fingerprint density at radius 1 is 0.583 bits per heavy atom. The summed E-state index contributed by atoms with van der Waals surface area (Å²) in [4.78, 5) is 0. The normalized spacial score (nSPS) is 15.9. The molecule has 0 saturated carbocycles.